The number of H-pyrrole nitrogens is 1. The average Bonchev–Trinajstić information content (AvgIpc) is 3.16. The van der Waals surface area contributed by atoms with Gasteiger partial charge in [-0.3, -0.25) is 0 Å². The number of imidazole rings is 1. The molecule has 9 nitrogen and oxygen atoms in total. The van der Waals surface area contributed by atoms with Gasteiger partial charge in [0.05, 0.1) is 29.6 Å². The fourth-order valence-electron chi connectivity index (χ4n) is 3.46. The number of rotatable bonds is 4. The van der Waals surface area contributed by atoms with Gasteiger partial charge < -0.3 is 9.72 Å². The lowest BCUT2D eigenvalue weighted by atomic mass is 10.2. The van der Waals surface area contributed by atoms with E-state index in [1.165, 1.54) is 21.1 Å². The second-order valence-corrected chi connectivity index (χ2v) is 10.6. The highest BCUT2D eigenvalue weighted by Gasteiger charge is 2.43. The predicted molar refractivity (Wildman–Crippen MR) is 95.9 cm³/mol. The third kappa shape index (κ3) is 3.41. The summed E-state index contributed by atoms with van der Waals surface area (Å²) in [5.74, 6) is 0. The van der Waals surface area contributed by atoms with Crippen molar-refractivity contribution < 1.29 is 21.6 Å². The van der Waals surface area contributed by atoms with E-state index in [0.717, 1.165) is 5.56 Å². The number of nitrogens with zero attached hydrogens (tertiary/aromatic N) is 3. The van der Waals surface area contributed by atoms with Gasteiger partial charge in [-0.1, -0.05) is 12.1 Å². The number of benzene rings is 1. The summed E-state index contributed by atoms with van der Waals surface area (Å²) in [5, 5.41) is 0.0201. The van der Waals surface area contributed by atoms with Crippen molar-refractivity contribution in [3.8, 4) is 0 Å². The van der Waals surface area contributed by atoms with Gasteiger partial charge in [0.2, 0.25) is 10.0 Å². The zero-order chi connectivity index (χ0) is 19.2. The smallest absolute Gasteiger partial charge is 0.260 e. The van der Waals surface area contributed by atoms with Crippen LogP contribution in [-0.2, 0) is 24.8 Å². The lowest BCUT2D eigenvalue weighted by Gasteiger charge is -2.44. The van der Waals surface area contributed by atoms with Crippen molar-refractivity contribution >= 4 is 20.0 Å². The van der Waals surface area contributed by atoms with Crippen LogP contribution in [0.15, 0.2) is 46.7 Å². The Bertz CT molecular complexity index is 1020. The van der Waals surface area contributed by atoms with E-state index in [1.54, 1.807) is 18.2 Å². The topological polar surface area (TPSA) is 113 Å². The number of hydrogen-bond acceptors (Lipinski definition) is 6. The first-order valence-electron chi connectivity index (χ1n) is 8.47. The Balaban J connectivity index is 1.55. The van der Waals surface area contributed by atoms with E-state index in [-0.39, 0.29) is 36.1 Å². The molecule has 146 valence electrons. The van der Waals surface area contributed by atoms with Crippen molar-refractivity contribution in [1.82, 2.24) is 18.6 Å². The number of fused-ring (bicyclic) bond motifs is 2. The summed E-state index contributed by atoms with van der Waals surface area (Å²) >= 11 is 0. The summed E-state index contributed by atoms with van der Waals surface area (Å²) in [6, 6.07) is 6.76. The van der Waals surface area contributed by atoms with Crippen LogP contribution < -0.4 is 0 Å². The van der Waals surface area contributed by atoms with Crippen LogP contribution in [0.3, 0.4) is 0 Å². The molecule has 0 spiro atoms. The maximum Gasteiger partial charge on any atom is 0.260 e. The summed E-state index contributed by atoms with van der Waals surface area (Å²) in [6.07, 6.45) is 1.53. The molecule has 0 aliphatic carbocycles. The van der Waals surface area contributed by atoms with E-state index in [0.29, 0.717) is 0 Å². The molecule has 11 heteroatoms. The van der Waals surface area contributed by atoms with Crippen LogP contribution in [0.1, 0.15) is 5.56 Å². The quantitative estimate of drug-likeness (QED) is 0.767. The Morgan fingerprint density at radius 3 is 2.22 bits per heavy atom. The van der Waals surface area contributed by atoms with E-state index in [1.807, 2.05) is 13.0 Å². The van der Waals surface area contributed by atoms with Gasteiger partial charge in [0.1, 0.15) is 0 Å². The highest BCUT2D eigenvalue weighted by molar-refractivity contribution is 7.89. The molecule has 0 amide bonds. The van der Waals surface area contributed by atoms with Gasteiger partial charge in [0.15, 0.2) is 5.03 Å². The van der Waals surface area contributed by atoms with E-state index in [2.05, 4.69) is 9.97 Å². The lowest BCUT2D eigenvalue weighted by Crippen LogP contribution is -2.61. The van der Waals surface area contributed by atoms with Crippen LogP contribution in [0.5, 0.6) is 0 Å². The molecule has 2 fully saturated rings. The fourth-order valence-corrected chi connectivity index (χ4v) is 6.47. The Morgan fingerprint density at radius 1 is 1.04 bits per heavy atom. The van der Waals surface area contributed by atoms with E-state index >= 15 is 0 Å². The Kier molecular flexibility index (Phi) is 4.59. The molecule has 2 atom stereocenters. The number of aromatic amines is 1. The van der Waals surface area contributed by atoms with Gasteiger partial charge in [0.25, 0.3) is 10.0 Å². The van der Waals surface area contributed by atoms with Crippen molar-refractivity contribution in [2.24, 2.45) is 0 Å². The van der Waals surface area contributed by atoms with Gasteiger partial charge in [-0.25, -0.2) is 21.8 Å². The molecule has 3 heterocycles. The van der Waals surface area contributed by atoms with Gasteiger partial charge in [0, 0.05) is 26.2 Å². The molecule has 2 aliphatic heterocycles. The number of morpholine rings is 2. The molecule has 0 unspecified atom stereocenters. The SMILES string of the molecule is Cc1cccc(S(=O)(=O)N2C[C@@H]3CN(S(=O)(=O)c4cnc[nH]4)C[C@H](C2)O3)c1. The van der Waals surface area contributed by atoms with Gasteiger partial charge in [-0.15, -0.1) is 0 Å². The zero-order valence-electron chi connectivity index (χ0n) is 14.6. The molecule has 2 bridgehead atoms. The second kappa shape index (κ2) is 6.67. The monoisotopic (exact) mass is 412 g/mol. The molecule has 27 heavy (non-hydrogen) atoms. The number of nitrogens with one attached hydrogen (secondary N) is 1. The Morgan fingerprint density at radius 2 is 1.67 bits per heavy atom. The Labute approximate surface area is 158 Å². The zero-order valence-corrected chi connectivity index (χ0v) is 16.3. The molecule has 2 saturated heterocycles. The lowest BCUT2D eigenvalue weighted by molar-refractivity contribution is -0.104. The first-order chi connectivity index (χ1) is 12.8. The third-order valence-corrected chi connectivity index (χ3v) is 8.32. The molecule has 0 radical (unpaired) electrons. The number of sulfonamides is 2. The van der Waals surface area contributed by atoms with Gasteiger partial charge in [-0.2, -0.15) is 8.61 Å². The summed E-state index contributed by atoms with van der Waals surface area (Å²) in [7, 11) is -7.36. The summed E-state index contributed by atoms with van der Waals surface area (Å²) < 4.78 is 59.8. The van der Waals surface area contributed by atoms with Crippen molar-refractivity contribution in [2.45, 2.75) is 29.1 Å². The van der Waals surface area contributed by atoms with Crippen molar-refractivity contribution in [1.29, 1.82) is 0 Å². The van der Waals surface area contributed by atoms with E-state index in [9.17, 15) is 16.8 Å². The maximum absolute atomic E-state index is 13.0. The molecule has 2 aromatic rings. The first kappa shape index (κ1) is 18.6. The van der Waals surface area contributed by atoms with Crippen LogP contribution in [0.4, 0.5) is 0 Å². The molecular formula is C16H20N4O5S2. The van der Waals surface area contributed by atoms with Gasteiger partial charge in [-0.05, 0) is 24.6 Å². The molecule has 0 saturated carbocycles. The first-order valence-corrected chi connectivity index (χ1v) is 11.4. The van der Waals surface area contributed by atoms with Crippen LogP contribution in [-0.4, -0.2) is 73.8 Å². The Hall–Kier alpha value is -1.79. The largest absolute Gasteiger partial charge is 0.369 e. The number of ether oxygens (including phenoxy) is 1. The number of aromatic nitrogens is 2. The standard InChI is InChI=1S/C16H20N4O5S2/c1-12-3-2-4-15(5-12)26(21,22)19-7-13-9-20(10-14(8-19)25-13)27(23,24)16-6-17-11-18-16/h2-6,11,13-14H,7-10H2,1H3,(H,17,18)/t13-,14+. The normalized spacial score (nSPS) is 24.8. The minimum atomic E-state index is -3.70. The van der Waals surface area contributed by atoms with Crippen molar-refractivity contribution in [2.75, 3.05) is 26.2 Å². The number of hydrogen-bond donors (Lipinski definition) is 1. The second-order valence-electron chi connectivity index (χ2n) is 6.76. The predicted octanol–water partition coefficient (Wildman–Crippen LogP) is 0.181. The van der Waals surface area contributed by atoms with Crippen molar-refractivity contribution in [3.05, 3.63) is 42.4 Å². The fraction of sp³-hybridized carbons (Fsp3) is 0.438. The van der Waals surface area contributed by atoms with E-state index in [4.69, 9.17) is 4.74 Å². The maximum atomic E-state index is 13.0. The average molecular weight is 412 g/mol. The van der Waals surface area contributed by atoms with Gasteiger partial charge >= 0.3 is 0 Å². The molecular weight excluding hydrogens is 392 g/mol. The summed E-state index contributed by atoms with van der Waals surface area (Å²) in [4.78, 5) is 6.61. The highest BCUT2D eigenvalue weighted by atomic mass is 32.2. The van der Waals surface area contributed by atoms with Crippen LogP contribution in [0, 0.1) is 6.92 Å². The molecule has 4 rings (SSSR count). The molecule has 1 N–H and O–H groups in total. The van der Waals surface area contributed by atoms with Crippen molar-refractivity contribution in [3.63, 3.8) is 0 Å². The molecule has 1 aromatic carbocycles. The molecule has 2 aliphatic rings. The number of aryl methyl sites for hydroxylation is 1. The summed E-state index contributed by atoms with van der Waals surface area (Å²) in [5.41, 5.74) is 0.862. The molecule has 1 aromatic heterocycles. The third-order valence-electron chi connectivity index (χ3n) is 4.73. The van der Waals surface area contributed by atoms with E-state index < -0.39 is 32.3 Å². The van der Waals surface area contributed by atoms with Crippen LogP contribution >= 0.6 is 0 Å². The highest BCUT2D eigenvalue weighted by Crippen LogP contribution is 2.27. The minimum Gasteiger partial charge on any atom is -0.369 e. The van der Waals surface area contributed by atoms with Crippen LogP contribution in [0.25, 0.3) is 0 Å². The minimum absolute atomic E-state index is 0.0201. The summed E-state index contributed by atoms with van der Waals surface area (Å²) in [6.45, 7) is 2.25. The van der Waals surface area contributed by atoms with Crippen LogP contribution in [0.2, 0.25) is 0 Å².